The van der Waals surface area contributed by atoms with E-state index in [4.69, 9.17) is 6.42 Å². The molecule has 0 heterocycles. The molecule has 0 unspecified atom stereocenters. The highest BCUT2D eigenvalue weighted by atomic mass is 79.9. The zero-order valence-electron chi connectivity index (χ0n) is 9.24. The van der Waals surface area contributed by atoms with Crippen molar-refractivity contribution in [2.75, 3.05) is 13.1 Å². The van der Waals surface area contributed by atoms with Gasteiger partial charge in [0.15, 0.2) is 0 Å². The minimum absolute atomic E-state index is 0.0210. The zero-order valence-corrected chi connectivity index (χ0v) is 10.8. The molecular formula is C13H14BrNO. The average molecular weight is 280 g/mol. The van der Waals surface area contributed by atoms with Crippen molar-refractivity contribution in [3.05, 3.63) is 34.3 Å². The van der Waals surface area contributed by atoms with Crippen LogP contribution in [-0.4, -0.2) is 23.9 Å². The second-order valence-corrected chi connectivity index (χ2v) is 4.27. The number of hydrogen-bond donors (Lipinski definition) is 0. The molecule has 0 fully saturated rings. The quantitative estimate of drug-likeness (QED) is 0.776. The highest BCUT2D eigenvalue weighted by molar-refractivity contribution is 9.10. The lowest BCUT2D eigenvalue weighted by Crippen LogP contribution is -2.32. The molecule has 0 radical (unpaired) electrons. The molecule has 1 aromatic carbocycles. The van der Waals surface area contributed by atoms with E-state index in [0.29, 0.717) is 18.7 Å². The van der Waals surface area contributed by atoms with E-state index in [-0.39, 0.29) is 5.91 Å². The Morgan fingerprint density at radius 1 is 1.50 bits per heavy atom. The number of halogens is 1. The standard InChI is InChI=1S/C13H14BrNO/c1-3-9-15(10-4-2)13(16)11-7-5-6-8-12(11)14/h1,5-8H,4,9-10H2,2H3. The molecule has 1 aromatic rings. The van der Waals surface area contributed by atoms with Crippen molar-refractivity contribution in [3.63, 3.8) is 0 Å². The van der Waals surface area contributed by atoms with E-state index < -0.39 is 0 Å². The van der Waals surface area contributed by atoms with Crippen LogP contribution in [0.2, 0.25) is 0 Å². The third-order valence-electron chi connectivity index (χ3n) is 2.17. The third-order valence-corrected chi connectivity index (χ3v) is 2.86. The van der Waals surface area contributed by atoms with Gasteiger partial charge in [-0.3, -0.25) is 4.79 Å². The average Bonchev–Trinajstić information content (AvgIpc) is 2.28. The van der Waals surface area contributed by atoms with Gasteiger partial charge in [-0.15, -0.1) is 6.42 Å². The fourth-order valence-electron chi connectivity index (χ4n) is 1.44. The van der Waals surface area contributed by atoms with Crippen molar-refractivity contribution >= 4 is 21.8 Å². The number of amides is 1. The fraction of sp³-hybridized carbons (Fsp3) is 0.308. The van der Waals surface area contributed by atoms with E-state index in [1.165, 1.54) is 0 Å². The van der Waals surface area contributed by atoms with Crippen LogP contribution in [0.4, 0.5) is 0 Å². The molecule has 0 N–H and O–H groups in total. The van der Waals surface area contributed by atoms with E-state index in [1.807, 2.05) is 25.1 Å². The summed E-state index contributed by atoms with van der Waals surface area (Å²) in [6, 6.07) is 7.38. The molecule has 2 nitrogen and oxygen atoms in total. The van der Waals surface area contributed by atoms with Crippen molar-refractivity contribution in [1.82, 2.24) is 4.90 Å². The van der Waals surface area contributed by atoms with Gasteiger partial charge in [0.1, 0.15) is 0 Å². The van der Waals surface area contributed by atoms with Crippen molar-refractivity contribution in [2.45, 2.75) is 13.3 Å². The second-order valence-electron chi connectivity index (χ2n) is 3.41. The Balaban J connectivity index is 2.91. The Bertz CT molecular complexity index is 409. The fourth-order valence-corrected chi connectivity index (χ4v) is 1.89. The molecule has 16 heavy (non-hydrogen) atoms. The molecule has 0 aromatic heterocycles. The molecule has 3 heteroatoms. The Labute approximate surface area is 105 Å². The third kappa shape index (κ3) is 3.11. The van der Waals surface area contributed by atoms with Gasteiger partial charge in [-0.1, -0.05) is 25.0 Å². The van der Waals surface area contributed by atoms with Crippen LogP contribution in [0.15, 0.2) is 28.7 Å². The summed E-state index contributed by atoms with van der Waals surface area (Å²) in [5.74, 6) is 2.49. The van der Waals surface area contributed by atoms with Crippen LogP contribution in [0.3, 0.4) is 0 Å². The minimum atomic E-state index is -0.0210. The van der Waals surface area contributed by atoms with Gasteiger partial charge in [0.05, 0.1) is 12.1 Å². The highest BCUT2D eigenvalue weighted by Gasteiger charge is 2.15. The van der Waals surface area contributed by atoms with Gasteiger partial charge >= 0.3 is 0 Å². The summed E-state index contributed by atoms with van der Waals surface area (Å²) >= 11 is 3.37. The second kappa shape index (κ2) is 6.34. The van der Waals surface area contributed by atoms with Crippen molar-refractivity contribution in [3.8, 4) is 12.3 Å². The van der Waals surface area contributed by atoms with Crippen LogP contribution in [-0.2, 0) is 0 Å². The summed E-state index contributed by atoms with van der Waals surface area (Å²) in [6.07, 6.45) is 6.16. The lowest BCUT2D eigenvalue weighted by Gasteiger charge is -2.20. The van der Waals surface area contributed by atoms with E-state index in [0.717, 1.165) is 10.9 Å². The molecule has 0 spiro atoms. The summed E-state index contributed by atoms with van der Waals surface area (Å²) < 4.78 is 0.804. The normalized spacial score (nSPS) is 9.56. The molecule has 1 amide bonds. The molecule has 0 aliphatic rings. The molecule has 84 valence electrons. The monoisotopic (exact) mass is 279 g/mol. The van der Waals surface area contributed by atoms with Gasteiger partial charge in [-0.05, 0) is 34.5 Å². The summed E-state index contributed by atoms with van der Waals surface area (Å²) in [5, 5.41) is 0. The van der Waals surface area contributed by atoms with Crippen LogP contribution in [0.25, 0.3) is 0 Å². The summed E-state index contributed by atoms with van der Waals surface area (Å²) in [4.78, 5) is 13.8. The largest absolute Gasteiger partial charge is 0.327 e. The number of carbonyl (C=O) groups is 1. The smallest absolute Gasteiger partial charge is 0.255 e. The lowest BCUT2D eigenvalue weighted by atomic mass is 10.2. The number of rotatable bonds is 4. The van der Waals surface area contributed by atoms with Crippen LogP contribution in [0, 0.1) is 12.3 Å². The molecule has 0 aliphatic heterocycles. The first-order chi connectivity index (χ1) is 7.70. The molecule has 0 bridgehead atoms. The van der Waals surface area contributed by atoms with Gasteiger partial charge in [0, 0.05) is 11.0 Å². The maximum Gasteiger partial charge on any atom is 0.255 e. The number of carbonyl (C=O) groups excluding carboxylic acids is 1. The Hall–Kier alpha value is -1.27. The first kappa shape index (κ1) is 12.8. The van der Waals surface area contributed by atoms with Crippen LogP contribution in [0.5, 0.6) is 0 Å². The van der Waals surface area contributed by atoms with Gasteiger partial charge in [0.25, 0.3) is 5.91 Å². The first-order valence-corrected chi connectivity index (χ1v) is 5.97. The predicted octanol–water partition coefficient (Wildman–Crippen LogP) is 2.93. The summed E-state index contributed by atoms with van der Waals surface area (Å²) in [5.41, 5.74) is 0.659. The Kier molecular flexibility index (Phi) is 5.07. The minimum Gasteiger partial charge on any atom is -0.327 e. The van der Waals surface area contributed by atoms with Crippen molar-refractivity contribution in [1.29, 1.82) is 0 Å². The van der Waals surface area contributed by atoms with Crippen molar-refractivity contribution < 1.29 is 4.79 Å². The van der Waals surface area contributed by atoms with Gasteiger partial charge in [-0.2, -0.15) is 0 Å². The molecule has 0 saturated heterocycles. The number of hydrogen-bond acceptors (Lipinski definition) is 1. The molecule has 0 atom stereocenters. The molecule has 0 saturated carbocycles. The lowest BCUT2D eigenvalue weighted by molar-refractivity contribution is 0.0776. The van der Waals surface area contributed by atoms with E-state index >= 15 is 0 Å². The van der Waals surface area contributed by atoms with E-state index in [9.17, 15) is 4.79 Å². The Morgan fingerprint density at radius 3 is 2.75 bits per heavy atom. The number of nitrogens with zero attached hydrogens (tertiary/aromatic N) is 1. The molecule has 1 rings (SSSR count). The molecule has 0 aliphatic carbocycles. The Morgan fingerprint density at radius 2 is 2.19 bits per heavy atom. The molecular weight excluding hydrogens is 266 g/mol. The van der Waals surface area contributed by atoms with E-state index in [2.05, 4.69) is 21.9 Å². The van der Waals surface area contributed by atoms with Gasteiger partial charge < -0.3 is 4.90 Å². The van der Waals surface area contributed by atoms with Gasteiger partial charge in [0.2, 0.25) is 0 Å². The van der Waals surface area contributed by atoms with Gasteiger partial charge in [-0.25, -0.2) is 0 Å². The topological polar surface area (TPSA) is 20.3 Å². The maximum absolute atomic E-state index is 12.1. The van der Waals surface area contributed by atoms with Crippen LogP contribution < -0.4 is 0 Å². The zero-order chi connectivity index (χ0) is 12.0. The predicted molar refractivity (Wildman–Crippen MR) is 69.2 cm³/mol. The van der Waals surface area contributed by atoms with E-state index in [1.54, 1.807) is 11.0 Å². The SMILES string of the molecule is C#CCN(CCC)C(=O)c1ccccc1Br. The first-order valence-electron chi connectivity index (χ1n) is 5.18. The summed E-state index contributed by atoms with van der Waals surface area (Å²) in [6.45, 7) is 3.06. The maximum atomic E-state index is 12.1. The van der Waals surface area contributed by atoms with Crippen LogP contribution >= 0.6 is 15.9 Å². The number of benzene rings is 1. The van der Waals surface area contributed by atoms with Crippen LogP contribution in [0.1, 0.15) is 23.7 Å². The number of terminal acetylenes is 1. The summed E-state index contributed by atoms with van der Waals surface area (Å²) in [7, 11) is 0. The highest BCUT2D eigenvalue weighted by Crippen LogP contribution is 2.17. The van der Waals surface area contributed by atoms with Crippen molar-refractivity contribution in [2.24, 2.45) is 0 Å².